The number of likely N-dealkylation sites (tertiary alicyclic amines) is 1. The molecule has 0 aromatic rings. The van der Waals surface area contributed by atoms with Gasteiger partial charge in [0.05, 0.1) is 6.04 Å². The molecular formula is C9H19N3O. The summed E-state index contributed by atoms with van der Waals surface area (Å²) in [5.41, 5.74) is 10.9. The molecule has 1 rings (SSSR count). The molecule has 1 aliphatic heterocycles. The molecule has 4 N–H and O–H groups in total. The molecule has 0 aromatic carbocycles. The van der Waals surface area contributed by atoms with Crippen molar-refractivity contribution in [2.24, 2.45) is 11.5 Å². The molecule has 0 aromatic heterocycles. The van der Waals surface area contributed by atoms with Crippen molar-refractivity contribution in [3.05, 3.63) is 0 Å². The molecule has 1 atom stereocenters. The number of carbonyl (C=O) groups excluding carboxylic acids is 1. The quantitative estimate of drug-likeness (QED) is 0.632. The molecule has 1 fully saturated rings. The maximum Gasteiger partial charge on any atom is 0.235 e. The van der Waals surface area contributed by atoms with Crippen molar-refractivity contribution < 1.29 is 4.79 Å². The lowest BCUT2D eigenvalue weighted by Gasteiger charge is -2.32. The van der Waals surface area contributed by atoms with Crippen molar-refractivity contribution in [3.8, 4) is 0 Å². The minimum Gasteiger partial charge on any atom is -0.368 e. The minimum absolute atomic E-state index is 0.174. The summed E-state index contributed by atoms with van der Waals surface area (Å²) in [6.07, 6.45) is 2.34. The second-order valence-corrected chi connectivity index (χ2v) is 4.37. The Labute approximate surface area is 79.3 Å². The number of hydrogen-bond donors (Lipinski definition) is 2. The monoisotopic (exact) mass is 185 g/mol. The lowest BCUT2D eigenvalue weighted by Crippen LogP contribution is -2.50. The summed E-state index contributed by atoms with van der Waals surface area (Å²) in [6.45, 7) is 5.96. The first-order valence-corrected chi connectivity index (χ1v) is 4.73. The average molecular weight is 185 g/mol. The van der Waals surface area contributed by atoms with E-state index in [-0.39, 0.29) is 5.54 Å². The summed E-state index contributed by atoms with van der Waals surface area (Å²) in [7, 11) is 0. The van der Waals surface area contributed by atoms with Gasteiger partial charge in [0.2, 0.25) is 5.91 Å². The van der Waals surface area contributed by atoms with Crippen molar-refractivity contribution in [3.63, 3.8) is 0 Å². The maximum absolute atomic E-state index is 10.8. The number of rotatable bonds is 3. The molecule has 1 saturated heterocycles. The predicted octanol–water partition coefficient (Wildman–Crippen LogP) is -0.327. The highest BCUT2D eigenvalue weighted by Crippen LogP contribution is 2.27. The Balaban J connectivity index is 2.49. The number of nitrogens with zero attached hydrogens (tertiary/aromatic N) is 1. The third-order valence-electron chi connectivity index (χ3n) is 2.86. The van der Waals surface area contributed by atoms with E-state index in [1.165, 1.54) is 12.8 Å². The van der Waals surface area contributed by atoms with Gasteiger partial charge in [0, 0.05) is 12.1 Å². The Kier molecular flexibility index (Phi) is 2.93. The van der Waals surface area contributed by atoms with Crippen LogP contribution in [0.1, 0.15) is 26.7 Å². The van der Waals surface area contributed by atoms with E-state index in [2.05, 4.69) is 18.7 Å². The zero-order chi connectivity index (χ0) is 10.1. The van der Waals surface area contributed by atoms with Crippen molar-refractivity contribution in [2.45, 2.75) is 38.3 Å². The van der Waals surface area contributed by atoms with Gasteiger partial charge in [0.25, 0.3) is 0 Å². The topological polar surface area (TPSA) is 72.3 Å². The fourth-order valence-corrected chi connectivity index (χ4v) is 1.83. The van der Waals surface area contributed by atoms with Gasteiger partial charge in [-0.15, -0.1) is 0 Å². The van der Waals surface area contributed by atoms with Gasteiger partial charge in [-0.25, -0.2) is 0 Å². The van der Waals surface area contributed by atoms with Crippen molar-refractivity contribution in [1.29, 1.82) is 0 Å². The van der Waals surface area contributed by atoms with E-state index in [0.717, 1.165) is 6.54 Å². The predicted molar refractivity (Wildman–Crippen MR) is 52.1 cm³/mol. The second-order valence-electron chi connectivity index (χ2n) is 4.37. The first-order chi connectivity index (χ1) is 5.93. The third-order valence-corrected chi connectivity index (χ3v) is 2.86. The van der Waals surface area contributed by atoms with Crippen LogP contribution < -0.4 is 11.5 Å². The van der Waals surface area contributed by atoms with Crippen LogP contribution in [-0.2, 0) is 4.79 Å². The molecule has 1 aliphatic rings. The van der Waals surface area contributed by atoms with Gasteiger partial charge in [0.1, 0.15) is 0 Å². The van der Waals surface area contributed by atoms with E-state index in [1.807, 2.05) is 0 Å². The minimum atomic E-state index is -0.530. The SMILES string of the molecule is CC1(C)CCCN1CC(N)C(N)=O. The van der Waals surface area contributed by atoms with Gasteiger partial charge < -0.3 is 11.5 Å². The third kappa shape index (κ3) is 2.42. The summed E-state index contributed by atoms with van der Waals surface area (Å²) >= 11 is 0. The molecule has 76 valence electrons. The lowest BCUT2D eigenvalue weighted by molar-refractivity contribution is -0.119. The highest BCUT2D eigenvalue weighted by atomic mass is 16.1. The van der Waals surface area contributed by atoms with Gasteiger partial charge in [-0.05, 0) is 33.2 Å². The maximum atomic E-state index is 10.8. The molecule has 0 aliphatic carbocycles. The molecule has 0 radical (unpaired) electrons. The summed E-state index contributed by atoms with van der Waals surface area (Å²) in [4.78, 5) is 13.0. The molecule has 0 spiro atoms. The van der Waals surface area contributed by atoms with E-state index in [4.69, 9.17) is 11.5 Å². The molecule has 1 unspecified atom stereocenters. The molecule has 4 nitrogen and oxygen atoms in total. The van der Waals surface area contributed by atoms with Gasteiger partial charge >= 0.3 is 0 Å². The Morgan fingerprint density at radius 3 is 2.62 bits per heavy atom. The highest BCUT2D eigenvalue weighted by Gasteiger charge is 2.33. The van der Waals surface area contributed by atoms with Gasteiger partial charge in [-0.3, -0.25) is 9.69 Å². The van der Waals surface area contributed by atoms with Crippen LogP contribution >= 0.6 is 0 Å². The summed E-state index contributed by atoms with van der Waals surface area (Å²) in [6, 6.07) is -0.530. The van der Waals surface area contributed by atoms with Crippen LogP contribution in [0.2, 0.25) is 0 Å². The number of carbonyl (C=O) groups is 1. The molecule has 1 amide bonds. The van der Waals surface area contributed by atoms with Gasteiger partial charge in [0.15, 0.2) is 0 Å². The fraction of sp³-hybridized carbons (Fsp3) is 0.889. The zero-order valence-corrected chi connectivity index (χ0v) is 8.42. The molecular weight excluding hydrogens is 166 g/mol. The Morgan fingerprint density at radius 1 is 1.62 bits per heavy atom. The van der Waals surface area contributed by atoms with Crippen LogP contribution in [0.3, 0.4) is 0 Å². The summed E-state index contributed by atoms with van der Waals surface area (Å²) in [5, 5.41) is 0. The van der Waals surface area contributed by atoms with Crippen molar-refractivity contribution >= 4 is 5.91 Å². The number of amides is 1. The first-order valence-electron chi connectivity index (χ1n) is 4.73. The zero-order valence-electron chi connectivity index (χ0n) is 8.42. The Hall–Kier alpha value is -0.610. The summed E-state index contributed by atoms with van der Waals surface area (Å²) < 4.78 is 0. The number of nitrogens with two attached hydrogens (primary N) is 2. The number of primary amides is 1. The van der Waals surface area contributed by atoms with Crippen LogP contribution in [0, 0.1) is 0 Å². The molecule has 0 bridgehead atoms. The van der Waals surface area contributed by atoms with E-state index in [0.29, 0.717) is 6.54 Å². The van der Waals surface area contributed by atoms with E-state index in [9.17, 15) is 4.79 Å². The van der Waals surface area contributed by atoms with Crippen LogP contribution in [0.4, 0.5) is 0 Å². The van der Waals surface area contributed by atoms with Crippen LogP contribution in [0.25, 0.3) is 0 Å². The Morgan fingerprint density at radius 2 is 2.23 bits per heavy atom. The van der Waals surface area contributed by atoms with Gasteiger partial charge in [-0.2, -0.15) is 0 Å². The van der Waals surface area contributed by atoms with Crippen LogP contribution in [-0.4, -0.2) is 35.5 Å². The molecule has 0 saturated carbocycles. The Bertz CT molecular complexity index is 203. The normalized spacial score (nSPS) is 24.5. The molecule has 13 heavy (non-hydrogen) atoms. The standard InChI is InChI=1S/C9H19N3O/c1-9(2)4-3-5-12(9)6-7(10)8(11)13/h7H,3-6,10H2,1-2H3,(H2,11,13). The van der Waals surface area contributed by atoms with E-state index >= 15 is 0 Å². The lowest BCUT2D eigenvalue weighted by atomic mass is 10.0. The molecule has 1 heterocycles. The summed E-state index contributed by atoms with van der Waals surface area (Å²) in [5.74, 6) is -0.414. The number of hydrogen-bond acceptors (Lipinski definition) is 3. The fourth-order valence-electron chi connectivity index (χ4n) is 1.83. The smallest absolute Gasteiger partial charge is 0.235 e. The average Bonchev–Trinajstić information content (AvgIpc) is 2.30. The van der Waals surface area contributed by atoms with Gasteiger partial charge in [-0.1, -0.05) is 0 Å². The second kappa shape index (κ2) is 3.64. The highest BCUT2D eigenvalue weighted by molar-refractivity contribution is 5.79. The van der Waals surface area contributed by atoms with E-state index in [1.54, 1.807) is 0 Å². The van der Waals surface area contributed by atoms with Crippen LogP contribution in [0.5, 0.6) is 0 Å². The van der Waals surface area contributed by atoms with Crippen molar-refractivity contribution in [2.75, 3.05) is 13.1 Å². The van der Waals surface area contributed by atoms with Crippen LogP contribution in [0.15, 0.2) is 0 Å². The van der Waals surface area contributed by atoms with Crippen molar-refractivity contribution in [1.82, 2.24) is 4.90 Å². The largest absolute Gasteiger partial charge is 0.368 e. The molecule has 4 heteroatoms. The van der Waals surface area contributed by atoms with E-state index < -0.39 is 11.9 Å². The first kappa shape index (κ1) is 10.5.